The van der Waals surface area contributed by atoms with Gasteiger partial charge in [-0.2, -0.15) is 5.06 Å². The van der Waals surface area contributed by atoms with Crippen molar-refractivity contribution in [1.82, 2.24) is 15.3 Å². The van der Waals surface area contributed by atoms with Gasteiger partial charge in [0, 0.05) is 26.1 Å². The molecule has 1 aromatic rings. The highest BCUT2D eigenvalue weighted by Gasteiger charge is 2.50. The third kappa shape index (κ3) is 4.99. The summed E-state index contributed by atoms with van der Waals surface area (Å²) in [5.41, 5.74) is 2.33. The Morgan fingerprint density at radius 1 is 1.03 bits per heavy atom. The second-order valence-electron chi connectivity index (χ2n) is 12.6. The van der Waals surface area contributed by atoms with E-state index in [1.54, 1.807) is 20.9 Å². The topological polar surface area (TPSA) is 94.6 Å². The van der Waals surface area contributed by atoms with Crippen molar-refractivity contribution in [3.63, 3.8) is 0 Å². The van der Waals surface area contributed by atoms with Gasteiger partial charge < -0.3 is 10.2 Å². The number of likely N-dealkylation sites (N-methyl/N-ethyl adjacent to an activating group) is 1. The summed E-state index contributed by atoms with van der Waals surface area (Å²) in [6.45, 7) is 11.7. The summed E-state index contributed by atoms with van der Waals surface area (Å²) in [4.78, 5) is 52.5. The molecule has 9 nitrogen and oxygen atoms in total. The number of hydroxylamine groups is 2. The van der Waals surface area contributed by atoms with Gasteiger partial charge in [-0.15, -0.1) is 0 Å². The molecule has 9 heteroatoms. The lowest BCUT2D eigenvalue weighted by Crippen LogP contribution is -2.49. The number of aryl methyl sites for hydroxylation is 2. The lowest BCUT2D eigenvalue weighted by atomic mass is 9.82. The number of amidine groups is 1. The van der Waals surface area contributed by atoms with E-state index in [0.717, 1.165) is 47.7 Å². The van der Waals surface area contributed by atoms with E-state index in [9.17, 15) is 14.4 Å². The number of piperidine rings is 1. The Bertz CT molecular complexity index is 1170. The van der Waals surface area contributed by atoms with Gasteiger partial charge in [-0.1, -0.05) is 19.8 Å². The second-order valence-corrected chi connectivity index (χ2v) is 12.6. The standard InChI is InChI=1S/C30H43N5O4/c1-19-7-9-22(10-8-19)25-31-26(36)30(32-25)12-14-34(15-13-30)39-16-11-24-20(2)17-23(18-21(24)3)35-27(37)29(4,5)33(6)28(35)38/h17-19,22H,7-16H2,1-6H3,(H,31,32,36). The van der Waals surface area contributed by atoms with Crippen LogP contribution < -0.4 is 10.2 Å². The molecular formula is C30H43N5O4. The smallest absolute Gasteiger partial charge is 0.313 e. The van der Waals surface area contributed by atoms with Crippen molar-refractivity contribution in [2.24, 2.45) is 16.8 Å². The molecule has 0 radical (unpaired) electrons. The molecule has 1 spiro atoms. The zero-order chi connectivity index (χ0) is 28.1. The monoisotopic (exact) mass is 537 g/mol. The molecule has 4 aliphatic rings. The van der Waals surface area contributed by atoms with Crippen molar-refractivity contribution in [2.45, 2.75) is 90.6 Å². The number of rotatable bonds is 6. The van der Waals surface area contributed by atoms with Crippen LogP contribution in [-0.2, 0) is 20.8 Å². The fraction of sp³-hybridized carbons (Fsp3) is 0.667. The Kier molecular flexibility index (Phi) is 7.35. The van der Waals surface area contributed by atoms with Gasteiger partial charge in [0.2, 0.25) is 0 Å². The number of amides is 4. The zero-order valence-electron chi connectivity index (χ0n) is 24.3. The highest BCUT2D eigenvalue weighted by Crippen LogP contribution is 2.36. The summed E-state index contributed by atoms with van der Waals surface area (Å²) in [5, 5.41) is 5.10. The van der Waals surface area contributed by atoms with Crippen LogP contribution in [0.1, 0.15) is 76.0 Å². The molecule has 3 heterocycles. The summed E-state index contributed by atoms with van der Waals surface area (Å²) >= 11 is 0. The van der Waals surface area contributed by atoms with E-state index in [-0.39, 0.29) is 17.8 Å². The van der Waals surface area contributed by atoms with E-state index in [1.165, 1.54) is 22.6 Å². The Labute approximate surface area is 231 Å². The number of imide groups is 1. The molecule has 3 aliphatic heterocycles. The first kappa shape index (κ1) is 27.8. The van der Waals surface area contributed by atoms with Gasteiger partial charge in [0.25, 0.3) is 11.8 Å². The molecule has 0 atom stereocenters. The Morgan fingerprint density at radius 2 is 1.64 bits per heavy atom. The molecule has 0 aromatic heterocycles. The highest BCUT2D eigenvalue weighted by molar-refractivity contribution is 6.22. The van der Waals surface area contributed by atoms with Gasteiger partial charge in [-0.05, 0) is 94.5 Å². The number of nitrogens with one attached hydrogen (secondary N) is 1. The zero-order valence-corrected chi connectivity index (χ0v) is 24.3. The largest absolute Gasteiger partial charge is 0.332 e. The van der Waals surface area contributed by atoms with Crippen molar-refractivity contribution >= 4 is 29.4 Å². The molecule has 0 unspecified atom stereocenters. The van der Waals surface area contributed by atoms with E-state index < -0.39 is 11.1 Å². The maximum Gasteiger partial charge on any atom is 0.332 e. The number of carbonyl (C=O) groups is 3. The first-order chi connectivity index (χ1) is 18.4. The Balaban J connectivity index is 1.16. The van der Waals surface area contributed by atoms with Crippen molar-refractivity contribution in [3.8, 4) is 0 Å². The maximum atomic E-state index is 12.9. The van der Waals surface area contributed by atoms with Gasteiger partial charge >= 0.3 is 6.03 Å². The van der Waals surface area contributed by atoms with E-state index in [4.69, 9.17) is 9.83 Å². The fourth-order valence-electron chi connectivity index (χ4n) is 6.48. The van der Waals surface area contributed by atoms with Crippen molar-refractivity contribution in [1.29, 1.82) is 0 Å². The number of hydrogen-bond donors (Lipinski definition) is 1. The van der Waals surface area contributed by atoms with Gasteiger partial charge in [0.1, 0.15) is 16.9 Å². The third-order valence-corrected chi connectivity index (χ3v) is 9.56. The molecule has 1 aromatic carbocycles. The number of benzene rings is 1. The second kappa shape index (κ2) is 10.3. The minimum atomic E-state index is -0.862. The first-order valence-corrected chi connectivity index (χ1v) is 14.4. The van der Waals surface area contributed by atoms with Gasteiger partial charge in [-0.3, -0.25) is 19.4 Å². The fourth-order valence-corrected chi connectivity index (χ4v) is 6.48. The van der Waals surface area contributed by atoms with Crippen LogP contribution >= 0.6 is 0 Å². The molecule has 3 fully saturated rings. The van der Waals surface area contributed by atoms with Gasteiger partial charge in [0.15, 0.2) is 0 Å². The van der Waals surface area contributed by atoms with Crippen molar-refractivity contribution in [3.05, 3.63) is 28.8 Å². The number of anilines is 1. The molecule has 1 saturated carbocycles. The lowest BCUT2D eigenvalue weighted by Gasteiger charge is -2.34. The van der Waals surface area contributed by atoms with Gasteiger partial charge in [0.05, 0.1) is 12.3 Å². The Hall–Kier alpha value is -2.78. The average molecular weight is 538 g/mol. The molecule has 5 rings (SSSR count). The molecule has 39 heavy (non-hydrogen) atoms. The summed E-state index contributed by atoms with van der Waals surface area (Å²) in [5.74, 6) is 1.93. The van der Waals surface area contributed by atoms with Crippen LogP contribution in [0.2, 0.25) is 0 Å². The van der Waals surface area contributed by atoms with E-state index in [0.29, 0.717) is 44.1 Å². The predicted molar refractivity (Wildman–Crippen MR) is 151 cm³/mol. The highest BCUT2D eigenvalue weighted by atomic mass is 16.7. The van der Waals surface area contributed by atoms with Crippen LogP contribution in [0.15, 0.2) is 17.1 Å². The van der Waals surface area contributed by atoms with E-state index in [2.05, 4.69) is 12.2 Å². The SMILES string of the molecule is Cc1cc(N2C(=O)N(C)C(C)(C)C2=O)cc(C)c1CCON1CCC2(CC1)N=C(C1CCC(C)CC1)NC2=O. The third-order valence-electron chi connectivity index (χ3n) is 9.56. The van der Waals surface area contributed by atoms with Crippen LogP contribution in [0.4, 0.5) is 10.5 Å². The predicted octanol–water partition coefficient (Wildman–Crippen LogP) is 4.14. The van der Waals surface area contributed by atoms with Crippen LogP contribution in [0.3, 0.4) is 0 Å². The summed E-state index contributed by atoms with van der Waals surface area (Å²) in [6.07, 6.45) is 6.70. The molecule has 4 amide bonds. The summed E-state index contributed by atoms with van der Waals surface area (Å²) < 4.78 is 0. The summed E-state index contributed by atoms with van der Waals surface area (Å²) in [7, 11) is 1.66. The number of nitrogens with zero attached hydrogens (tertiary/aromatic N) is 4. The van der Waals surface area contributed by atoms with E-state index in [1.807, 2.05) is 31.0 Å². The van der Waals surface area contributed by atoms with Crippen LogP contribution in [-0.4, -0.2) is 71.5 Å². The molecule has 1 N–H and O–H groups in total. The van der Waals surface area contributed by atoms with Crippen molar-refractivity contribution in [2.75, 3.05) is 31.6 Å². The lowest BCUT2D eigenvalue weighted by molar-refractivity contribution is -0.176. The van der Waals surface area contributed by atoms with Crippen molar-refractivity contribution < 1.29 is 19.2 Å². The quantitative estimate of drug-likeness (QED) is 0.551. The van der Waals surface area contributed by atoms with Gasteiger partial charge in [-0.25, -0.2) is 9.69 Å². The number of aliphatic imine (C=N–C) groups is 1. The minimum absolute atomic E-state index is 0.0617. The number of urea groups is 1. The van der Waals surface area contributed by atoms with Crippen LogP contribution in [0.5, 0.6) is 0 Å². The molecular weight excluding hydrogens is 494 g/mol. The maximum absolute atomic E-state index is 12.9. The van der Waals surface area contributed by atoms with E-state index >= 15 is 0 Å². The first-order valence-electron chi connectivity index (χ1n) is 14.4. The molecule has 2 saturated heterocycles. The molecule has 1 aliphatic carbocycles. The number of carbonyl (C=O) groups excluding carboxylic acids is 3. The molecule has 0 bridgehead atoms. The molecule has 212 valence electrons. The minimum Gasteiger partial charge on any atom is -0.313 e. The normalized spacial score (nSPS) is 26.9. The van der Waals surface area contributed by atoms with Crippen LogP contribution in [0.25, 0.3) is 0 Å². The summed E-state index contributed by atoms with van der Waals surface area (Å²) in [6, 6.07) is 3.53. The average Bonchev–Trinajstić information content (AvgIpc) is 3.28. The van der Waals surface area contributed by atoms with Crippen LogP contribution in [0, 0.1) is 25.7 Å². The Morgan fingerprint density at radius 3 is 2.21 bits per heavy atom. The number of hydrogen-bond acceptors (Lipinski definition) is 6.